The van der Waals surface area contributed by atoms with E-state index in [9.17, 15) is 4.79 Å². The maximum atomic E-state index is 13.2. The third-order valence-electron chi connectivity index (χ3n) is 4.19. The molecular weight excluding hydrogens is 362 g/mol. The molecule has 0 bridgehead atoms. The van der Waals surface area contributed by atoms with E-state index in [-0.39, 0.29) is 11.3 Å². The minimum Gasteiger partial charge on any atom is -0.291 e. The smallest absolute Gasteiger partial charge is 0.266 e. The zero-order valence-electron chi connectivity index (χ0n) is 13.9. The predicted octanol–water partition coefficient (Wildman–Crippen LogP) is 6.16. The summed E-state index contributed by atoms with van der Waals surface area (Å²) in [6, 6.07) is 27.4. The Morgan fingerprint density at radius 1 is 0.846 bits per heavy atom. The van der Waals surface area contributed by atoms with Crippen molar-refractivity contribution in [2.75, 3.05) is 4.90 Å². The Labute approximate surface area is 162 Å². The van der Waals surface area contributed by atoms with E-state index in [0.29, 0.717) is 5.02 Å². The number of benzene rings is 3. The van der Waals surface area contributed by atoms with Gasteiger partial charge in [-0.2, -0.15) is 0 Å². The van der Waals surface area contributed by atoms with Gasteiger partial charge in [0, 0.05) is 10.7 Å². The van der Waals surface area contributed by atoms with Crippen molar-refractivity contribution in [2.24, 2.45) is 0 Å². The van der Waals surface area contributed by atoms with Gasteiger partial charge in [0.2, 0.25) is 0 Å². The Balaban J connectivity index is 1.75. The molecule has 1 heterocycles. The summed E-state index contributed by atoms with van der Waals surface area (Å²) >= 11 is 7.54. The van der Waals surface area contributed by atoms with E-state index in [1.807, 2.05) is 83.8 Å². The number of carbonyl (C=O) groups excluding carboxylic acids is 1. The Morgan fingerprint density at radius 2 is 1.46 bits per heavy atom. The van der Waals surface area contributed by atoms with Crippen LogP contribution in [0.2, 0.25) is 5.02 Å². The zero-order valence-corrected chi connectivity index (χ0v) is 15.5. The van der Waals surface area contributed by atoms with Crippen molar-refractivity contribution in [1.82, 2.24) is 0 Å². The first-order chi connectivity index (χ1) is 12.7. The fourth-order valence-electron chi connectivity index (χ4n) is 2.93. The molecule has 1 aliphatic heterocycles. The van der Waals surface area contributed by atoms with Crippen LogP contribution >= 0.6 is 23.4 Å². The highest BCUT2D eigenvalue weighted by atomic mass is 35.5. The van der Waals surface area contributed by atoms with Crippen molar-refractivity contribution in [3.63, 3.8) is 0 Å². The molecule has 4 heteroatoms. The third kappa shape index (κ3) is 3.41. The lowest BCUT2D eigenvalue weighted by molar-refractivity contribution is -0.114. The molecule has 3 aromatic carbocycles. The molecule has 4 rings (SSSR count). The van der Waals surface area contributed by atoms with E-state index in [1.165, 1.54) is 0 Å². The van der Waals surface area contributed by atoms with Gasteiger partial charge in [-0.05, 0) is 41.5 Å². The summed E-state index contributed by atoms with van der Waals surface area (Å²) in [5.74, 6) is 0.0185. The standard InChI is InChI=1S/C22H16ClNOS/c23-18-13-11-16(12-14-18)15-20-21(25)24(19-9-5-2-6-10-19)22(26-20)17-7-3-1-4-8-17/h1-15,22H/b20-15-/t22-/m0/s1. The molecule has 1 amide bonds. The molecule has 0 aromatic heterocycles. The van der Waals surface area contributed by atoms with Crippen molar-refractivity contribution in [3.8, 4) is 0 Å². The van der Waals surface area contributed by atoms with Crippen LogP contribution in [0.1, 0.15) is 16.5 Å². The van der Waals surface area contributed by atoms with Crippen LogP contribution in [0.5, 0.6) is 0 Å². The summed E-state index contributed by atoms with van der Waals surface area (Å²) < 4.78 is 0. The number of carbonyl (C=O) groups is 1. The number of halogens is 1. The zero-order chi connectivity index (χ0) is 17.9. The average molecular weight is 378 g/mol. The van der Waals surface area contributed by atoms with Gasteiger partial charge in [-0.25, -0.2) is 0 Å². The lowest BCUT2D eigenvalue weighted by Crippen LogP contribution is -2.27. The number of thioether (sulfide) groups is 1. The van der Waals surface area contributed by atoms with Crippen LogP contribution < -0.4 is 4.90 Å². The van der Waals surface area contributed by atoms with Crippen LogP contribution in [0.15, 0.2) is 89.8 Å². The Bertz CT molecular complexity index is 939. The molecule has 0 radical (unpaired) electrons. The van der Waals surface area contributed by atoms with Crippen molar-refractivity contribution in [3.05, 3.63) is 106 Å². The van der Waals surface area contributed by atoms with Crippen molar-refractivity contribution in [2.45, 2.75) is 5.37 Å². The summed E-state index contributed by atoms with van der Waals surface area (Å²) in [4.78, 5) is 15.8. The molecule has 0 aliphatic carbocycles. The lowest BCUT2D eigenvalue weighted by Gasteiger charge is -2.23. The van der Waals surface area contributed by atoms with Crippen molar-refractivity contribution in [1.29, 1.82) is 0 Å². The molecule has 1 fully saturated rings. The second-order valence-electron chi connectivity index (χ2n) is 5.95. The number of hydrogen-bond donors (Lipinski definition) is 0. The molecule has 128 valence electrons. The van der Waals surface area contributed by atoms with Gasteiger partial charge < -0.3 is 0 Å². The van der Waals surface area contributed by atoms with E-state index in [2.05, 4.69) is 12.1 Å². The molecule has 0 unspecified atom stereocenters. The molecule has 0 N–H and O–H groups in total. The predicted molar refractivity (Wildman–Crippen MR) is 110 cm³/mol. The highest BCUT2D eigenvalue weighted by Crippen LogP contribution is 2.48. The maximum Gasteiger partial charge on any atom is 0.266 e. The van der Waals surface area contributed by atoms with Crippen molar-refractivity contribution >= 4 is 41.0 Å². The first-order valence-electron chi connectivity index (χ1n) is 8.30. The van der Waals surface area contributed by atoms with E-state index in [0.717, 1.165) is 21.7 Å². The summed E-state index contributed by atoms with van der Waals surface area (Å²) in [7, 11) is 0. The van der Waals surface area contributed by atoms with Crippen LogP contribution in [-0.2, 0) is 4.79 Å². The van der Waals surface area contributed by atoms with Crippen LogP contribution in [0, 0.1) is 0 Å². The number of para-hydroxylation sites is 1. The summed E-state index contributed by atoms with van der Waals surface area (Å²) in [6.07, 6.45) is 1.93. The van der Waals surface area contributed by atoms with Gasteiger partial charge in [0.25, 0.3) is 5.91 Å². The minimum absolute atomic E-state index is 0.0185. The Hall–Kier alpha value is -2.49. The summed E-state index contributed by atoms with van der Waals surface area (Å²) in [6.45, 7) is 0. The van der Waals surface area contributed by atoms with E-state index in [1.54, 1.807) is 11.8 Å². The quantitative estimate of drug-likeness (QED) is 0.509. The van der Waals surface area contributed by atoms with Gasteiger partial charge in [0.15, 0.2) is 0 Å². The SMILES string of the molecule is O=C1/C(=C/c2ccc(Cl)cc2)S[C@@H](c2ccccc2)N1c1ccccc1. The fourth-order valence-corrected chi connectivity index (χ4v) is 4.32. The first-order valence-corrected chi connectivity index (χ1v) is 9.55. The highest BCUT2D eigenvalue weighted by molar-refractivity contribution is 8.05. The molecular formula is C22H16ClNOS. The number of anilines is 1. The molecule has 26 heavy (non-hydrogen) atoms. The molecule has 1 aliphatic rings. The second-order valence-corrected chi connectivity index (χ2v) is 7.51. The number of nitrogens with zero attached hydrogens (tertiary/aromatic N) is 1. The Kier molecular flexibility index (Phi) is 4.83. The van der Waals surface area contributed by atoms with Gasteiger partial charge in [0.05, 0.1) is 4.91 Å². The normalized spacial score (nSPS) is 18.5. The number of hydrogen-bond acceptors (Lipinski definition) is 2. The summed E-state index contributed by atoms with van der Waals surface area (Å²) in [5.41, 5.74) is 2.97. The van der Waals surface area contributed by atoms with Gasteiger partial charge >= 0.3 is 0 Å². The number of amides is 1. The van der Waals surface area contributed by atoms with Crippen LogP contribution in [0.3, 0.4) is 0 Å². The van der Waals surface area contributed by atoms with E-state index < -0.39 is 0 Å². The minimum atomic E-state index is -0.0790. The second kappa shape index (κ2) is 7.40. The fraction of sp³-hybridized carbons (Fsp3) is 0.0455. The largest absolute Gasteiger partial charge is 0.291 e. The van der Waals surface area contributed by atoms with Crippen LogP contribution in [-0.4, -0.2) is 5.91 Å². The topological polar surface area (TPSA) is 20.3 Å². The van der Waals surface area contributed by atoms with Crippen molar-refractivity contribution < 1.29 is 4.79 Å². The summed E-state index contributed by atoms with van der Waals surface area (Å²) in [5, 5.41) is 0.607. The molecule has 0 saturated carbocycles. The molecule has 1 saturated heterocycles. The van der Waals surface area contributed by atoms with Gasteiger partial charge in [-0.15, -0.1) is 0 Å². The monoisotopic (exact) mass is 377 g/mol. The maximum absolute atomic E-state index is 13.2. The van der Waals surface area contributed by atoms with Gasteiger partial charge in [0.1, 0.15) is 5.37 Å². The van der Waals surface area contributed by atoms with Gasteiger partial charge in [-0.3, -0.25) is 9.69 Å². The van der Waals surface area contributed by atoms with Crippen LogP contribution in [0.4, 0.5) is 5.69 Å². The lowest BCUT2D eigenvalue weighted by atomic mass is 10.1. The Morgan fingerprint density at radius 3 is 2.12 bits per heavy atom. The van der Waals surface area contributed by atoms with Crippen LogP contribution in [0.25, 0.3) is 6.08 Å². The number of rotatable bonds is 3. The first kappa shape index (κ1) is 17.0. The van der Waals surface area contributed by atoms with E-state index >= 15 is 0 Å². The van der Waals surface area contributed by atoms with E-state index in [4.69, 9.17) is 11.6 Å². The molecule has 3 aromatic rings. The molecule has 1 atom stereocenters. The molecule has 0 spiro atoms. The van der Waals surface area contributed by atoms with Gasteiger partial charge in [-0.1, -0.05) is 84.0 Å². The molecule has 2 nitrogen and oxygen atoms in total. The highest BCUT2D eigenvalue weighted by Gasteiger charge is 2.38. The third-order valence-corrected chi connectivity index (χ3v) is 5.69. The average Bonchev–Trinajstić information content (AvgIpc) is 3.01.